The first-order chi connectivity index (χ1) is 13.4. The molecule has 1 atom stereocenters. The van der Waals surface area contributed by atoms with Crippen LogP contribution in [0.2, 0.25) is 5.02 Å². The van der Waals surface area contributed by atoms with Gasteiger partial charge in [-0.2, -0.15) is 0 Å². The molecule has 0 fully saturated rings. The Morgan fingerprint density at radius 2 is 2.04 bits per heavy atom. The quantitative estimate of drug-likeness (QED) is 0.525. The zero-order valence-electron chi connectivity index (χ0n) is 16.0. The van der Waals surface area contributed by atoms with Crippen LogP contribution >= 0.6 is 22.9 Å². The molecule has 3 rings (SSSR count). The summed E-state index contributed by atoms with van der Waals surface area (Å²) in [5.74, 6) is -0.721. The monoisotopic (exact) mass is 419 g/mol. The van der Waals surface area contributed by atoms with Crippen LogP contribution in [-0.2, 0) is 27.3 Å². The Bertz CT molecular complexity index is 917. The number of fused-ring (bicyclic) bond motifs is 1. The lowest BCUT2D eigenvalue weighted by Crippen LogP contribution is -2.38. The van der Waals surface area contributed by atoms with Gasteiger partial charge in [0.05, 0.1) is 7.11 Å². The summed E-state index contributed by atoms with van der Waals surface area (Å²) < 4.78 is 10.5. The van der Waals surface area contributed by atoms with E-state index in [9.17, 15) is 9.59 Å². The van der Waals surface area contributed by atoms with Crippen LogP contribution in [0.25, 0.3) is 0 Å². The second-order valence-corrected chi connectivity index (χ2v) is 8.33. The lowest BCUT2D eigenvalue weighted by Gasteiger charge is -2.33. The van der Waals surface area contributed by atoms with E-state index in [2.05, 4.69) is 0 Å². The van der Waals surface area contributed by atoms with Crippen molar-refractivity contribution in [3.63, 3.8) is 0 Å². The zero-order chi connectivity index (χ0) is 20.3. The van der Waals surface area contributed by atoms with Gasteiger partial charge in [-0.15, -0.1) is 11.3 Å². The molecule has 0 aliphatic carbocycles. The van der Waals surface area contributed by atoms with E-state index in [1.807, 2.05) is 43.0 Å². The van der Waals surface area contributed by atoms with Crippen molar-refractivity contribution in [3.05, 3.63) is 63.0 Å². The van der Waals surface area contributed by atoms with Gasteiger partial charge < -0.3 is 9.47 Å². The van der Waals surface area contributed by atoms with Crippen molar-refractivity contribution in [2.75, 3.05) is 13.7 Å². The second-order valence-electron chi connectivity index (χ2n) is 6.82. The standard InChI is InChI=1S/C21H22ClNO4S/c1-13(2)10-18(24)27-19-11-14-12-23(9-8-17(14)28-19)20(21(25)26-3)15-6-4-5-7-16(15)22/h4-7,10-11,20H,8-9,12H2,1-3H3/t20-/m0/s1. The van der Waals surface area contributed by atoms with Gasteiger partial charge in [0.25, 0.3) is 0 Å². The molecular formula is C21H22ClNO4S. The highest BCUT2D eigenvalue weighted by molar-refractivity contribution is 7.14. The molecule has 1 aliphatic heterocycles. The highest BCUT2D eigenvalue weighted by atomic mass is 35.5. The van der Waals surface area contributed by atoms with Gasteiger partial charge in [0.15, 0.2) is 5.06 Å². The number of carbonyl (C=O) groups excluding carboxylic acids is 2. The first-order valence-corrected chi connectivity index (χ1v) is 10.1. The Morgan fingerprint density at radius 3 is 2.71 bits per heavy atom. The fraction of sp³-hybridized carbons (Fsp3) is 0.333. The third-order valence-electron chi connectivity index (χ3n) is 4.47. The molecule has 1 aromatic heterocycles. The average Bonchev–Trinajstić information content (AvgIpc) is 3.03. The summed E-state index contributed by atoms with van der Waals surface area (Å²) in [6, 6.07) is 8.61. The van der Waals surface area contributed by atoms with Gasteiger partial charge in [-0.05, 0) is 43.5 Å². The number of nitrogens with zero attached hydrogens (tertiary/aromatic N) is 1. The molecule has 0 saturated heterocycles. The molecule has 0 amide bonds. The van der Waals surface area contributed by atoms with Crippen LogP contribution in [0.1, 0.15) is 35.9 Å². The van der Waals surface area contributed by atoms with E-state index in [0.29, 0.717) is 23.2 Å². The summed E-state index contributed by atoms with van der Waals surface area (Å²) in [4.78, 5) is 27.6. The Kier molecular flexibility index (Phi) is 6.54. The number of benzene rings is 1. The lowest BCUT2D eigenvalue weighted by atomic mass is 10.0. The smallest absolute Gasteiger partial charge is 0.336 e. The summed E-state index contributed by atoms with van der Waals surface area (Å²) in [5.41, 5.74) is 2.67. The third kappa shape index (κ3) is 4.63. The molecule has 28 heavy (non-hydrogen) atoms. The molecule has 2 aromatic rings. The molecular weight excluding hydrogens is 398 g/mol. The minimum Gasteiger partial charge on any atom is -0.468 e. The molecule has 1 aromatic carbocycles. The Labute approximate surface area is 173 Å². The van der Waals surface area contributed by atoms with E-state index >= 15 is 0 Å². The lowest BCUT2D eigenvalue weighted by molar-refractivity contribution is -0.147. The fourth-order valence-corrected chi connectivity index (χ4v) is 4.50. The molecule has 0 unspecified atom stereocenters. The highest BCUT2D eigenvalue weighted by Gasteiger charge is 2.33. The largest absolute Gasteiger partial charge is 0.468 e. The summed E-state index contributed by atoms with van der Waals surface area (Å²) in [7, 11) is 1.38. The molecule has 0 saturated carbocycles. The van der Waals surface area contributed by atoms with Crippen molar-refractivity contribution in [1.29, 1.82) is 0 Å². The van der Waals surface area contributed by atoms with Gasteiger partial charge in [-0.25, -0.2) is 9.59 Å². The minimum absolute atomic E-state index is 0.345. The SMILES string of the molecule is COC(=O)[C@H](c1ccccc1Cl)N1CCc2sc(OC(=O)C=C(C)C)cc2C1. The third-order valence-corrected chi connectivity index (χ3v) is 5.93. The van der Waals surface area contributed by atoms with Gasteiger partial charge >= 0.3 is 11.9 Å². The topological polar surface area (TPSA) is 55.8 Å². The molecule has 2 heterocycles. The zero-order valence-corrected chi connectivity index (χ0v) is 17.6. The molecule has 5 nitrogen and oxygen atoms in total. The van der Waals surface area contributed by atoms with Gasteiger partial charge in [-0.3, -0.25) is 4.90 Å². The van der Waals surface area contributed by atoms with E-state index in [1.54, 1.807) is 6.07 Å². The minimum atomic E-state index is -0.580. The molecule has 0 bridgehead atoms. The van der Waals surface area contributed by atoms with E-state index in [1.165, 1.54) is 29.4 Å². The van der Waals surface area contributed by atoms with Gasteiger partial charge in [0, 0.05) is 29.1 Å². The van der Waals surface area contributed by atoms with Gasteiger partial charge in [0.1, 0.15) is 6.04 Å². The van der Waals surface area contributed by atoms with Crippen molar-refractivity contribution in [2.45, 2.75) is 32.9 Å². The number of methoxy groups -OCH3 is 1. The Morgan fingerprint density at radius 1 is 1.29 bits per heavy atom. The fourth-order valence-electron chi connectivity index (χ4n) is 3.24. The molecule has 1 aliphatic rings. The summed E-state index contributed by atoms with van der Waals surface area (Å²) in [5, 5.41) is 1.10. The maximum atomic E-state index is 12.5. The molecule has 148 valence electrons. The van der Waals surface area contributed by atoms with Crippen LogP contribution in [-0.4, -0.2) is 30.5 Å². The van der Waals surface area contributed by atoms with E-state index < -0.39 is 6.04 Å². The molecule has 0 radical (unpaired) electrons. The maximum Gasteiger partial charge on any atom is 0.336 e. The number of rotatable bonds is 5. The van der Waals surface area contributed by atoms with Crippen molar-refractivity contribution < 1.29 is 19.1 Å². The van der Waals surface area contributed by atoms with Gasteiger partial charge in [0.2, 0.25) is 0 Å². The normalized spacial score (nSPS) is 14.7. The van der Waals surface area contributed by atoms with Crippen molar-refractivity contribution in [1.82, 2.24) is 4.90 Å². The number of esters is 2. The number of hydrogen-bond acceptors (Lipinski definition) is 6. The average molecular weight is 420 g/mol. The van der Waals surface area contributed by atoms with Crippen LogP contribution in [0.5, 0.6) is 5.06 Å². The number of hydrogen-bond donors (Lipinski definition) is 0. The molecule has 7 heteroatoms. The van der Waals surface area contributed by atoms with Crippen LogP contribution < -0.4 is 4.74 Å². The van der Waals surface area contributed by atoms with E-state index in [-0.39, 0.29) is 11.9 Å². The van der Waals surface area contributed by atoms with Crippen molar-refractivity contribution in [2.24, 2.45) is 0 Å². The van der Waals surface area contributed by atoms with Crippen molar-refractivity contribution >= 4 is 34.9 Å². The number of thiophene rings is 1. The predicted molar refractivity (Wildman–Crippen MR) is 110 cm³/mol. The van der Waals surface area contributed by atoms with Crippen LogP contribution in [0.3, 0.4) is 0 Å². The van der Waals surface area contributed by atoms with Crippen LogP contribution in [0.15, 0.2) is 42.0 Å². The molecule has 0 N–H and O–H groups in total. The predicted octanol–water partition coefficient (Wildman–Crippen LogP) is 4.55. The first-order valence-electron chi connectivity index (χ1n) is 8.93. The summed E-state index contributed by atoms with van der Waals surface area (Å²) in [6.07, 6.45) is 2.23. The second kappa shape index (κ2) is 8.90. The van der Waals surface area contributed by atoms with Crippen LogP contribution in [0, 0.1) is 0 Å². The van der Waals surface area contributed by atoms with E-state index in [4.69, 9.17) is 21.1 Å². The summed E-state index contributed by atoms with van der Waals surface area (Å²) in [6.45, 7) is 4.93. The Hall–Kier alpha value is -2.15. The number of allylic oxidation sites excluding steroid dienone is 1. The Balaban J connectivity index is 1.83. The maximum absolute atomic E-state index is 12.5. The highest BCUT2D eigenvalue weighted by Crippen LogP contribution is 2.37. The first kappa shape index (κ1) is 20.6. The number of halogens is 1. The number of ether oxygens (including phenoxy) is 2. The van der Waals surface area contributed by atoms with Crippen LogP contribution in [0.4, 0.5) is 0 Å². The molecule has 0 spiro atoms. The van der Waals surface area contributed by atoms with Crippen molar-refractivity contribution in [3.8, 4) is 5.06 Å². The summed E-state index contributed by atoms with van der Waals surface area (Å²) >= 11 is 7.82. The number of carbonyl (C=O) groups is 2. The van der Waals surface area contributed by atoms with E-state index in [0.717, 1.165) is 23.1 Å². The van der Waals surface area contributed by atoms with Gasteiger partial charge in [-0.1, -0.05) is 35.4 Å².